The fourth-order valence-corrected chi connectivity index (χ4v) is 1.97. The van der Waals surface area contributed by atoms with Crippen LogP contribution in [0.15, 0.2) is 48.8 Å². The molecule has 100 valence electrons. The summed E-state index contributed by atoms with van der Waals surface area (Å²) in [6.45, 7) is 0. The molecule has 0 aliphatic rings. The zero-order chi connectivity index (χ0) is 14.1. The molecule has 3 N–H and O–H groups in total. The standard InChI is InChI=1S/C14H11N3O3/c15-13-8-11(3-5-16-13)20-10-2-1-9-4-6-17(14(18)19)12(9)7-10/h1-8H,(H2,15,16)(H,18,19). The number of aromatic nitrogens is 2. The third-order valence-electron chi connectivity index (χ3n) is 2.86. The Kier molecular flexibility index (Phi) is 2.76. The average molecular weight is 269 g/mol. The van der Waals surface area contributed by atoms with Crippen molar-refractivity contribution in [2.45, 2.75) is 0 Å². The van der Waals surface area contributed by atoms with Crippen LogP contribution < -0.4 is 10.5 Å². The van der Waals surface area contributed by atoms with Crippen molar-refractivity contribution in [3.05, 3.63) is 48.8 Å². The topological polar surface area (TPSA) is 90.4 Å². The predicted molar refractivity (Wildman–Crippen MR) is 74.1 cm³/mol. The summed E-state index contributed by atoms with van der Waals surface area (Å²) in [6, 6.07) is 10.2. The van der Waals surface area contributed by atoms with Gasteiger partial charge < -0.3 is 15.6 Å². The Morgan fingerprint density at radius 2 is 2.00 bits per heavy atom. The molecule has 3 rings (SSSR count). The third-order valence-corrected chi connectivity index (χ3v) is 2.86. The van der Waals surface area contributed by atoms with Gasteiger partial charge >= 0.3 is 6.09 Å². The van der Waals surface area contributed by atoms with Crippen LogP contribution in [-0.4, -0.2) is 20.8 Å². The van der Waals surface area contributed by atoms with Gasteiger partial charge in [-0.25, -0.2) is 9.78 Å². The fourth-order valence-electron chi connectivity index (χ4n) is 1.97. The van der Waals surface area contributed by atoms with E-state index < -0.39 is 6.09 Å². The number of fused-ring (bicyclic) bond motifs is 1. The number of carboxylic acid groups (broad SMARTS) is 1. The van der Waals surface area contributed by atoms with Crippen molar-refractivity contribution < 1.29 is 14.6 Å². The van der Waals surface area contributed by atoms with Crippen molar-refractivity contribution in [1.29, 1.82) is 0 Å². The van der Waals surface area contributed by atoms with Crippen molar-refractivity contribution in [2.24, 2.45) is 0 Å². The molecule has 0 bridgehead atoms. The number of nitrogens with zero attached hydrogens (tertiary/aromatic N) is 2. The highest BCUT2D eigenvalue weighted by atomic mass is 16.5. The van der Waals surface area contributed by atoms with Gasteiger partial charge in [0.25, 0.3) is 0 Å². The quantitative estimate of drug-likeness (QED) is 0.746. The Morgan fingerprint density at radius 3 is 2.75 bits per heavy atom. The average Bonchev–Trinajstić information content (AvgIpc) is 2.82. The van der Waals surface area contributed by atoms with Gasteiger partial charge in [0.2, 0.25) is 0 Å². The van der Waals surface area contributed by atoms with E-state index in [-0.39, 0.29) is 0 Å². The maximum atomic E-state index is 11.1. The summed E-state index contributed by atoms with van der Waals surface area (Å²) in [5.41, 5.74) is 6.14. The van der Waals surface area contributed by atoms with Crippen LogP contribution >= 0.6 is 0 Å². The van der Waals surface area contributed by atoms with Gasteiger partial charge in [-0.15, -0.1) is 0 Å². The highest BCUT2D eigenvalue weighted by Gasteiger charge is 2.08. The summed E-state index contributed by atoms with van der Waals surface area (Å²) in [7, 11) is 0. The number of carbonyl (C=O) groups is 1. The number of pyridine rings is 1. The molecule has 0 spiro atoms. The van der Waals surface area contributed by atoms with Crippen molar-refractivity contribution in [2.75, 3.05) is 5.73 Å². The van der Waals surface area contributed by atoms with Gasteiger partial charge in [0.1, 0.15) is 17.3 Å². The van der Waals surface area contributed by atoms with E-state index in [1.54, 1.807) is 42.6 Å². The molecule has 6 nitrogen and oxygen atoms in total. The maximum Gasteiger partial charge on any atom is 0.416 e. The lowest BCUT2D eigenvalue weighted by Crippen LogP contribution is -2.05. The number of nitrogens with two attached hydrogens (primary N) is 1. The SMILES string of the molecule is Nc1cc(Oc2ccc3ccn(C(=O)O)c3c2)ccn1. The van der Waals surface area contributed by atoms with Crippen molar-refractivity contribution >= 4 is 22.8 Å². The van der Waals surface area contributed by atoms with Crippen molar-refractivity contribution in [3.63, 3.8) is 0 Å². The first-order chi connectivity index (χ1) is 9.63. The number of benzene rings is 1. The normalized spacial score (nSPS) is 10.6. The Morgan fingerprint density at radius 1 is 1.20 bits per heavy atom. The first kappa shape index (κ1) is 12.0. The number of nitrogen functional groups attached to an aromatic ring is 1. The fraction of sp³-hybridized carbons (Fsp3) is 0. The number of hydrogen-bond acceptors (Lipinski definition) is 4. The van der Waals surface area contributed by atoms with Gasteiger partial charge in [-0.1, -0.05) is 0 Å². The first-order valence-electron chi connectivity index (χ1n) is 5.87. The Bertz CT molecular complexity index is 795. The number of anilines is 1. The van der Waals surface area contributed by atoms with Gasteiger partial charge in [0.15, 0.2) is 0 Å². The van der Waals surface area contributed by atoms with E-state index in [1.807, 2.05) is 0 Å². The Balaban J connectivity index is 2.00. The van der Waals surface area contributed by atoms with E-state index in [9.17, 15) is 4.79 Å². The second kappa shape index (κ2) is 4.58. The Hall–Kier alpha value is -3.02. The molecule has 0 aliphatic carbocycles. The van der Waals surface area contributed by atoms with Crippen LogP contribution in [0.1, 0.15) is 0 Å². The molecule has 0 unspecified atom stereocenters. The summed E-state index contributed by atoms with van der Waals surface area (Å²) >= 11 is 0. The van der Waals surface area contributed by atoms with E-state index in [4.69, 9.17) is 15.6 Å². The highest BCUT2D eigenvalue weighted by Crippen LogP contribution is 2.26. The van der Waals surface area contributed by atoms with Crippen LogP contribution in [0.3, 0.4) is 0 Å². The van der Waals surface area contributed by atoms with Crippen LogP contribution in [-0.2, 0) is 0 Å². The summed E-state index contributed by atoms with van der Waals surface area (Å²) in [6.07, 6.45) is 2.01. The number of hydrogen-bond donors (Lipinski definition) is 2. The molecule has 1 aromatic carbocycles. The van der Waals surface area contributed by atoms with Crippen LogP contribution in [0.5, 0.6) is 11.5 Å². The zero-order valence-corrected chi connectivity index (χ0v) is 10.4. The molecular weight excluding hydrogens is 258 g/mol. The van der Waals surface area contributed by atoms with E-state index >= 15 is 0 Å². The second-order valence-corrected chi connectivity index (χ2v) is 4.21. The molecule has 0 fully saturated rings. The molecule has 3 aromatic rings. The lowest BCUT2D eigenvalue weighted by atomic mass is 10.2. The van der Waals surface area contributed by atoms with Crippen molar-refractivity contribution in [3.8, 4) is 11.5 Å². The minimum atomic E-state index is -1.04. The third kappa shape index (κ3) is 2.14. The summed E-state index contributed by atoms with van der Waals surface area (Å²) < 4.78 is 6.79. The van der Waals surface area contributed by atoms with E-state index in [1.165, 1.54) is 6.20 Å². The maximum absolute atomic E-state index is 11.1. The molecule has 0 saturated heterocycles. The lowest BCUT2D eigenvalue weighted by Gasteiger charge is -2.06. The van der Waals surface area contributed by atoms with Gasteiger partial charge in [-0.05, 0) is 24.3 Å². The van der Waals surface area contributed by atoms with Crippen LogP contribution in [0.4, 0.5) is 10.6 Å². The van der Waals surface area contributed by atoms with E-state index in [2.05, 4.69) is 4.98 Å². The summed E-state index contributed by atoms with van der Waals surface area (Å²) in [5.74, 6) is 1.44. The van der Waals surface area contributed by atoms with Gasteiger partial charge in [-0.3, -0.25) is 4.57 Å². The first-order valence-corrected chi connectivity index (χ1v) is 5.87. The molecule has 0 atom stereocenters. The molecule has 0 saturated carbocycles. The van der Waals surface area contributed by atoms with Crippen LogP contribution in [0.25, 0.3) is 10.9 Å². The monoisotopic (exact) mass is 269 g/mol. The largest absolute Gasteiger partial charge is 0.464 e. The summed E-state index contributed by atoms with van der Waals surface area (Å²) in [5, 5.41) is 9.91. The number of ether oxygens (including phenoxy) is 1. The molecule has 0 amide bonds. The van der Waals surface area contributed by atoms with Gasteiger partial charge in [0.05, 0.1) is 5.52 Å². The molecule has 0 radical (unpaired) electrons. The molecule has 6 heteroatoms. The van der Waals surface area contributed by atoms with Crippen molar-refractivity contribution in [1.82, 2.24) is 9.55 Å². The highest BCUT2D eigenvalue weighted by molar-refractivity contribution is 5.89. The van der Waals surface area contributed by atoms with Crippen LogP contribution in [0, 0.1) is 0 Å². The molecule has 20 heavy (non-hydrogen) atoms. The van der Waals surface area contributed by atoms with Gasteiger partial charge in [-0.2, -0.15) is 0 Å². The minimum absolute atomic E-state index is 0.359. The predicted octanol–water partition coefficient (Wildman–Crippen LogP) is 2.94. The number of rotatable bonds is 2. The second-order valence-electron chi connectivity index (χ2n) is 4.21. The summed E-state index contributed by atoms with van der Waals surface area (Å²) in [4.78, 5) is 15.0. The van der Waals surface area contributed by atoms with E-state index in [0.717, 1.165) is 9.95 Å². The van der Waals surface area contributed by atoms with Gasteiger partial charge in [0, 0.05) is 29.9 Å². The zero-order valence-electron chi connectivity index (χ0n) is 10.4. The molecular formula is C14H11N3O3. The molecule has 0 aliphatic heterocycles. The molecule has 2 aromatic heterocycles. The van der Waals surface area contributed by atoms with E-state index in [0.29, 0.717) is 22.8 Å². The van der Waals surface area contributed by atoms with Crippen LogP contribution in [0.2, 0.25) is 0 Å². The smallest absolute Gasteiger partial charge is 0.416 e. The Labute approximate surface area is 114 Å². The molecule has 2 heterocycles. The minimum Gasteiger partial charge on any atom is -0.464 e. The lowest BCUT2D eigenvalue weighted by molar-refractivity contribution is 0.197.